The van der Waals surface area contributed by atoms with E-state index in [1.54, 1.807) is 47.0 Å². The maximum Gasteiger partial charge on any atom is 0.272 e. The Kier molecular flexibility index (Phi) is 4.82. The number of hydroxylamine groups is 1. The fourth-order valence-electron chi connectivity index (χ4n) is 3.81. The molecule has 0 aliphatic carbocycles. The fraction of sp³-hybridized carbons (Fsp3) is 0.0833. The van der Waals surface area contributed by atoms with E-state index in [4.69, 9.17) is 4.84 Å². The maximum atomic E-state index is 13.8. The first-order chi connectivity index (χ1) is 15.5. The Morgan fingerprint density at radius 1 is 1.03 bits per heavy atom. The lowest BCUT2D eigenvalue weighted by atomic mass is 10.1. The summed E-state index contributed by atoms with van der Waals surface area (Å²) in [7, 11) is 0. The predicted molar refractivity (Wildman–Crippen MR) is 114 cm³/mol. The third-order valence-electron chi connectivity index (χ3n) is 5.28. The molecule has 3 aromatic carbocycles. The van der Waals surface area contributed by atoms with Crippen LogP contribution in [0.25, 0.3) is 10.9 Å². The highest BCUT2D eigenvalue weighted by atomic mass is 19.1. The molecule has 0 radical (unpaired) electrons. The van der Waals surface area contributed by atoms with E-state index >= 15 is 0 Å². The number of aromatic nitrogens is 1. The molecule has 32 heavy (non-hydrogen) atoms. The Morgan fingerprint density at radius 3 is 2.72 bits per heavy atom. The average molecular weight is 433 g/mol. The van der Waals surface area contributed by atoms with Gasteiger partial charge in [-0.15, -0.1) is 0 Å². The Balaban J connectivity index is 1.50. The van der Waals surface area contributed by atoms with Crippen LogP contribution in [0.4, 0.5) is 14.5 Å². The van der Waals surface area contributed by atoms with Gasteiger partial charge < -0.3 is 14.7 Å². The SMILES string of the molecule is O=C1Cc2ccc(NC(=O)c3cc4cc(F)ccc4n3Cc3cccc(F)c3)cc2ON1. The molecular weight excluding hydrogens is 416 g/mol. The van der Waals surface area contributed by atoms with E-state index in [0.29, 0.717) is 39.2 Å². The van der Waals surface area contributed by atoms with Gasteiger partial charge in [-0.2, -0.15) is 5.48 Å². The van der Waals surface area contributed by atoms with Crippen molar-refractivity contribution in [1.82, 2.24) is 10.0 Å². The quantitative estimate of drug-likeness (QED) is 0.507. The van der Waals surface area contributed by atoms with Crippen LogP contribution in [0.2, 0.25) is 0 Å². The number of rotatable bonds is 4. The Morgan fingerprint density at radius 2 is 1.88 bits per heavy atom. The molecule has 4 aromatic rings. The molecule has 8 heteroatoms. The van der Waals surface area contributed by atoms with E-state index in [1.165, 1.54) is 24.3 Å². The minimum atomic E-state index is -0.419. The van der Waals surface area contributed by atoms with Crippen LogP contribution >= 0.6 is 0 Å². The number of amides is 2. The summed E-state index contributed by atoms with van der Waals surface area (Å²) in [4.78, 5) is 29.8. The topological polar surface area (TPSA) is 72.4 Å². The first-order valence-electron chi connectivity index (χ1n) is 9.89. The van der Waals surface area contributed by atoms with Gasteiger partial charge in [-0.05, 0) is 48.0 Å². The second kappa shape index (κ2) is 7.81. The third kappa shape index (κ3) is 3.78. The van der Waals surface area contributed by atoms with Crippen LogP contribution in [0.1, 0.15) is 21.6 Å². The molecule has 0 fully saturated rings. The lowest BCUT2D eigenvalue weighted by molar-refractivity contribution is -0.128. The number of carbonyl (C=O) groups excluding carboxylic acids is 2. The summed E-state index contributed by atoms with van der Waals surface area (Å²) in [5, 5.41) is 3.37. The number of nitrogens with one attached hydrogen (secondary N) is 2. The van der Waals surface area contributed by atoms with E-state index in [2.05, 4.69) is 10.8 Å². The van der Waals surface area contributed by atoms with E-state index in [-0.39, 0.29) is 24.7 Å². The van der Waals surface area contributed by atoms with Crippen LogP contribution in [0, 0.1) is 11.6 Å². The second-order valence-corrected chi connectivity index (χ2v) is 7.53. The minimum Gasteiger partial charge on any atom is -0.379 e. The van der Waals surface area contributed by atoms with Crippen LogP contribution in [-0.4, -0.2) is 16.4 Å². The van der Waals surface area contributed by atoms with Crippen molar-refractivity contribution < 1.29 is 23.2 Å². The molecule has 2 heterocycles. The molecule has 0 saturated heterocycles. The standard InChI is InChI=1S/C24H17F2N3O3/c25-17-3-1-2-14(8-17)13-29-20-7-5-18(26)9-16(20)10-21(29)24(31)27-19-6-4-15-11-23(30)28-32-22(15)12-19/h1-10,12H,11,13H2,(H,27,31)(H,28,30). The summed E-state index contributed by atoms with van der Waals surface area (Å²) in [5.74, 6) is -1.01. The zero-order valence-electron chi connectivity index (χ0n) is 16.7. The van der Waals surface area contributed by atoms with Crippen molar-refractivity contribution in [3.63, 3.8) is 0 Å². The molecule has 1 aliphatic rings. The maximum absolute atomic E-state index is 13.8. The highest BCUT2D eigenvalue weighted by Crippen LogP contribution is 2.27. The van der Waals surface area contributed by atoms with Gasteiger partial charge in [0.05, 0.1) is 6.42 Å². The Bertz CT molecular complexity index is 1380. The number of benzene rings is 3. The summed E-state index contributed by atoms with van der Waals surface area (Å²) in [6.45, 7) is 0.231. The molecule has 1 aliphatic heterocycles. The number of anilines is 1. The highest BCUT2D eigenvalue weighted by Gasteiger charge is 2.20. The predicted octanol–water partition coefficient (Wildman–Crippen LogP) is 4.19. The fourth-order valence-corrected chi connectivity index (χ4v) is 3.81. The van der Waals surface area contributed by atoms with Crippen LogP contribution in [0.15, 0.2) is 66.7 Å². The molecule has 0 spiro atoms. The summed E-state index contributed by atoms with van der Waals surface area (Å²) < 4.78 is 29.2. The molecule has 5 rings (SSSR count). The monoisotopic (exact) mass is 433 g/mol. The number of fused-ring (bicyclic) bond motifs is 2. The van der Waals surface area contributed by atoms with Crippen LogP contribution < -0.4 is 15.6 Å². The molecule has 2 N–H and O–H groups in total. The summed E-state index contributed by atoms with van der Waals surface area (Å²) in [6, 6.07) is 17.0. The largest absolute Gasteiger partial charge is 0.379 e. The first-order valence-corrected chi connectivity index (χ1v) is 9.89. The number of hydrogen-bond donors (Lipinski definition) is 2. The van der Waals surface area contributed by atoms with E-state index in [9.17, 15) is 18.4 Å². The van der Waals surface area contributed by atoms with E-state index in [0.717, 1.165) is 0 Å². The van der Waals surface area contributed by atoms with Gasteiger partial charge in [-0.3, -0.25) is 9.59 Å². The van der Waals surface area contributed by atoms with Crippen molar-refractivity contribution in [2.75, 3.05) is 5.32 Å². The smallest absolute Gasteiger partial charge is 0.272 e. The van der Waals surface area contributed by atoms with Gasteiger partial charge in [0.2, 0.25) is 0 Å². The van der Waals surface area contributed by atoms with Gasteiger partial charge in [0, 0.05) is 34.8 Å². The van der Waals surface area contributed by atoms with Crippen LogP contribution in [-0.2, 0) is 17.8 Å². The van der Waals surface area contributed by atoms with Crippen molar-refractivity contribution in [3.05, 3.63) is 95.2 Å². The molecule has 0 unspecified atom stereocenters. The van der Waals surface area contributed by atoms with E-state index in [1.807, 2.05) is 0 Å². The molecule has 0 saturated carbocycles. The number of halogens is 2. The zero-order chi connectivity index (χ0) is 22.2. The molecular formula is C24H17F2N3O3. The molecule has 0 bridgehead atoms. The van der Waals surface area contributed by atoms with Crippen molar-refractivity contribution in [1.29, 1.82) is 0 Å². The number of hydrogen-bond acceptors (Lipinski definition) is 3. The van der Waals surface area contributed by atoms with Crippen LogP contribution in [0.3, 0.4) is 0 Å². The van der Waals surface area contributed by atoms with Gasteiger partial charge in [-0.25, -0.2) is 8.78 Å². The van der Waals surface area contributed by atoms with Crippen molar-refractivity contribution in [3.8, 4) is 5.75 Å². The van der Waals surface area contributed by atoms with Gasteiger partial charge in [0.25, 0.3) is 11.8 Å². The zero-order valence-corrected chi connectivity index (χ0v) is 16.7. The lowest BCUT2D eigenvalue weighted by Gasteiger charge is -2.18. The first kappa shape index (κ1) is 19.7. The third-order valence-corrected chi connectivity index (χ3v) is 5.28. The molecule has 6 nitrogen and oxygen atoms in total. The number of nitrogens with zero attached hydrogens (tertiary/aromatic N) is 1. The normalized spacial score (nSPS) is 12.8. The van der Waals surface area contributed by atoms with Crippen molar-refractivity contribution in [2.24, 2.45) is 0 Å². The summed E-state index contributed by atoms with van der Waals surface area (Å²) in [6.07, 6.45) is 0.191. The summed E-state index contributed by atoms with van der Waals surface area (Å²) >= 11 is 0. The van der Waals surface area contributed by atoms with Gasteiger partial charge >= 0.3 is 0 Å². The summed E-state index contributed by atoms with van der Waals surface area (Å²) in [5.41, 5.74) is 5.08. The van der Waals surface area contributed by atoms with Crippen LogP contribution in [0.5, 0.6) is 5.75 Å². The van der Waals surface area contributed by atoms with E-state index < -0.39 is 11.7 Å². The molecule has 160 valence electrons. The van der Waals surface area contributed by atoms with Crippen molar-refractivity contribution >= 4 is 28.4 Å². The lowest BCUT2D eigenvalue weighted by Crippen LogP contribution is -2.33. The van der Waals surface area contributed by atoms with Gasteiger partial charge in [-0.1, -0.05) is 18.2 Å². The second-order valence-electron chi connectivity index (χ2n) is 7.53. The highest BCUT2D eigenvalue weighted by molar-refractivity contribution is 6.06. The Labute approximate surface area is 181 Å². The molecule has 2 amide bonds. The Hall–Kier alpha value is -4.20. The van der Waals surface area contributed by atoms with Gasteiger partial charge in [0.15, 0.2) is 5.75 Å². The molecule has 0 atom stereocenters. The average Bonchev–Trinajstić information content (AvgIpc) is 3.11. The van der Waals surface area contributed by atoms with Gasteiger partial charge in [0.1, 0.15) is 17.3 Å². The number of carbonyl (C=O) groups is 2. The van der Waals surface area contributed by atoms with Crippen molar-refractivity contribution in [2.45, 2.75) is 13.0 Å². The minimum absolute atomic E-state index is 0.191. The molecule has 1 aromatic heterocycles.